The summed E-state index contributed by atoms with van der Waals surface area (Å²) >= 11 is 3.29. The monoisotopic (exact) mass is 242 g/mol. The Labute approximate surface area is 83.6 Å². The zero-order valence-electron chi connectivity index (χ0n) is 6.74. The van der Waals surface area contributed by atoms with E-state index in [0.29, 0.717) is 13.2 Å². The summed E-state index contributed by atoms with van der Waals surface area (Å²) < 4.78 is 5.66. The van der Waals surface area contributed by atoms with Crippen LogP contribution < -0.4 is 4.90 Å². The highest BCUT2D eigenvalue weighted by atomic mass is 79.9. The summed E-state index contributed by atoms with van der Waals surface area (Å²) in [7, 11) is 0. The van der Waals surface area contributed by atoms with E-state index in [9.17, 15) is 4.79 Å². The number of carbonyl (C=O) groups excluding carboxylic acids is 1. The maximum Gasteiger partial charge on any atom is 0.414 e. The number of carbonyl (C=O) groups is 1. The Hall–Kier alpha value is -1.10. The number of hydrogen-bond donors (Lipinski definition) is 0. The second-order valence-electron chi connectivity index (χ2n) is 2.63. The van der Waals surface area contributed by atoms with Crippen molar-refractivity contribution in [3.05, 3.63) is 22.9 Å². The van der Waals surface area contributed by atoms with Crippen LogP contribution >= 0.6 is 15.9 Å². The Morgan fingerprint density at radius 3 is 3.00 bits per heavy atom. The first-order valence-corrected chi connectivity index (χ1v) is 4.61. The number of cyclic esters (lactones) is 1. The minimum atomic E-state index is -0.306. The molecule has 1 aliphatic heterocycles. The van der Waals surface area contributed by atoms with Crippen molar-refractivity contribution < 1.29 is 9.53 Å². The normalized spacial score (nSPS) is 16.1. The molecule has 4 nitrogen and oxygen atoms in total. The SMILES string of the molecule is O=C1OCCN1c1cncc(Br)c1. The molecule has 1 amide bonds. The average molecular weight is 243 g/mol. The van der Waals surface area contributed by atoms with Gasteiger partial charge in [0.05, 0.1) is 18.4 Å². The van der Waals surface area contributed by atoms with Gasteiger partial charge >= 0.3 is 6.09 Å². The van der Waals surface area contributed by atoms with Crippen molar-refractivity contribution >= 4 is 27.7 Å². The molecule has 1 saturated heterocycles. The first kappa shape index (κ1) is 8.50. The fourth-order valence-corrected chi connectivity index (χ4v) is 1.53. The summed E-state index contributed by atoms with van der Waals surface area (Å²) in [5.41, 5.74) is 0.761. The van der Waals surface area contributed by atoms with Crippen LogP contribution in [0.15, 0.2) is 22.9 Å². The third-order valence-electron chi connectivity index (χ3n) is 1.76. The fourth-order valence-electron chi connectivity index (χ4n) is 1.18. The van der Waals surface area contributed by atoms with Crippen molar-refractivity contribution in [1.29, 1.82) is 0 Å². The standard InChI is InChI=1S/C8H7BrN2O2/c9-6-3-7(5-10-4-6)11-1-2-13-8(11)12/h3-5H,1-2H2. The maximum atomic E-state index is 11.1. The largest absolute Gasteiger partial charge is 0.447 e. The Balaban J connectivity index is 2.29. The molecule has 0 radical (unpaired) electrons. The van der Waals surface area contributed by atoms with Crippen LogP contribution in [0.2, 0.25) is 0 Å². The van der Waals surface area contributed by atoms with Gasteiger partial charge in [0.25, 0.3) is 0 Å². The molecule has 1 fully saturated rings. The van der Waals surface area contributed by atoms with Crippen molar-refractivity contribution in [1.82, 2.24) is 4.98 Å². The maximum absolute atomic E-state index is 11.1. The van der Waals surface area contributed by atoms with E-state index >= 15 is 0 Å². The highest BCUT2D eigenvalue weighted by Gasteiger charge is 2.23. The van der Waals surface area contributed by atoms with Crippen molar-refractivity contribution in [2.45, 2.75) is 0 Å². The summed E-state index contributed by atoms with van der Waals surface area (Å²) in [6, 6.07) is 1.83. The quantitative estimate of drug-likeness (QED) is 0.755. The molecule has 1 aromatic heterocycles. The van der Waals surface area contributed by atoms with Crippen LogP contribution in [0.25, 0.3) is 0 Å². The minimum absolute atomic E-state index is 0.306. The number of amides is 1. The molecule has 68 valence electrons. The molecule has 5 heteroatoms. The molecular formula is C8H7BrN2O2. The number of rotatable bonds is 1. The van der Waals surface area contributed by atoms with Crippen molar-refractivity contribution in [2.24, 2.45) is 0 Å². The predicted molar refractivity (Wildman–Crippen MR) is 50.6 cm³/mol. The predicted octanol–water partition coefficient (Wildman–Crippen LogP) is 1.80. The molecule has 0 saturated carbocycles. The Morgan fingerprint density at radius 1 is 1.54 bits per heavy atom. The number of anilines is 1. The summed E-state index contributed by atoms with van der Waals surface area (Å²) in [6.45, 7) is 1.04. The second kappa shape index (κ2) is 3.33. The van der Waals surface area contributed by atoms with Crippen molar-refractivity contribution in [3.8, 4) is 0 Å². The molecule has 0 aliphatic carbocycles. The molecule has 0 atom stereocenters. The summed E-state index contributed by atoms with van der Waals surface area (Å²) in [6.07, 6.45) is 3.00. The summed E-state index contributed by atoms with van der Waals surface area (Å²) in [5, 5.41) is 0. The van der Waals surface area contributed by atoms with E-state index in [1.165, 1.54) is 0 Å². The van der Waals surface area contributed by atoms with Gasteiger partial charge in [-0.3, -0.25) is 9.88 Å². The lowest BCUT2D eigenvalue weighted by Gasteiger charge is -2.11. The van der Waals surface area contributed by atoms with Gasteiger partial charge in [0.15, 0.2) is 0 Å². The smallest absolute Gasteiger partial charge is 0.414 e. The molecule has 13 heavy (non-hydrogen) atoms. The van der Waals surface area contributed by atoms with Gasteiger partial charge in [0, 0.05) is 10.7 Å². The van der Waals surface area contributed by atoms with Crippen LogP contribution in [-0.2, 0) is 4.74 Å². The zero-order chi connectivity index (χ0) is 9.26. The van der Waals surface area contributed by atoms with Gasteiger partial charge in [-0.25, -0.2) is 4.79 Å². The molecule has 2 rings (SSSR count). The van der Waals surface area contributed by atoms with Gasteiger partial charge in [-0.1, -0.05) is 0 Å². The minimum Gasteiger partial charge on any atom is -0.447 e. The summed E-state index contributed by atoms with van der Waals surface area (Å²) in [5.74, 6) is 0. The molecule has 1 aromatic rings. The molecule has 0 aromatic carbocycles. The highest BCUT2D eigenvalue weighted by Crippen LogP contribution is 2.20. The molecular weight excluding hydrogens is 236 g/mol. The number of halogens is 1. The average Bonchev–Trinajstić information content (AvgIpc) is 2.51. The Bertz CT molecular complexity index is 343. The number of ether oxygens (including phenoxy) is 1. The molecule has 1 aliphatic rings. The fraction of sp³-hybridized carbons (Fsp3) is 0.250. The van der Waals surface area contributed by atoms with Gasteiger partial charge in [0.2, 0.25) is 0 Å². The lowest BCUT2D eigenvalue weighted by molar-refractivity contribution is 0.181. The first-order valence-electron chi connectivity index (χ1n) is 3.82. The number of aromatic nitrogens is 1. The molecule has 2 heterocycles. The van der Waals surface area contributed by atoms with Crippen LogP contribution in [0.1, 0.15) is 0 Å². The molecule has 0 spiro atoms. The number of nitrogens with zero attached hydrogens (tertiary/aromatic N) is 2. The molecule has 0 bridgehead atoms. The zero-order valence-corrected chi connectivity index (χ0v) is 8.32. The van der Waals surface area contributed by atoms with Gasteiger partial charge in [-0.2, -0.15) is 0 Å². The van der Waals surface area contributed by atoms with E-state index in [4.69, 9.17) is 4.74 Å². The van der Waals surface area contributed by atoms with Crippen LogP contribution in [-0.4, -0.2) is 24.2 Å². The third kappa shape index (κ3) is 1.65. The third-order valence-corrected chi connectivity index (χ3v) is 2.20. The molecule has 0 unspecified atom stereocenters. The lowest BCUT2D eigenvalue weighted by Crippen LogP contribution is -2.23. The van der Waals surface area contributed by atoms with E-state index in [-0.39, 0.29) is 6.09 Å². The van der Waals surface area contributed by atoms with E-state index in [0.717, 1.165) is 10.2 Å². The molecule has 0 N–H and O–H groups in total. The van der Waals surface area contributed by atoms with Crippen LogP contribution in [0.5, 0.6) is 0 Å². The van der Waals surface area contributed by atoms with Crippen molar-refractivity contribution in [3.63, 3.8) is 0 Å². The van der Waals surface area contributed by atoms with E-state index in [2.05, 4.69) is 20.9 Å². The lowest BCUT2D eigenvalue weighted by atomic mass is 10.4. The van der Waals surface area contributed by atoms with Crippen molar-refractivity contribution in [2.75, 3.05) is 18.1 Å². The van der Waals surface area contributed by atoms with E-state index in [1.807, 2.05) is 6.07 Å². The van der Waals surface area contributed by atoms with E-state index in [1.54, 1.807) is 17.3 Å². The Kier molecular flexibility index (Phi) is 2.18. The van der Waals surface area contributed by atoms with Gasteiger partial charge in [-0.15, -0.1) is 0 Å². The highest BCUT2D eigenvalue weighted by molar-refractivity contribution is 9.10. The Morgan fingerprint density at radius 2 is 2.38 bits per heavy atom. The van der Waals surface area contributed by atoms with Crippen LogP contribution in [0.4, 0.5) is 10.5 Å². The van der Waals surface area contributed by atoms with Gasteiger partial charge < -0.3 is 4.74 Å². The summed E-state index contributed by atoms with van der Waals surface area (Å²) in [4.78, 5) is 16.7. The van der Waals surface area contributed by atoms with Crippen LogP contribution in [0, 0.1) is 0 Å². The van der Waals surface area contributed by atoms with Gasteiger partial charge in [0.1, 0.15) is 6.61 Å². The second-order valence-corrected chi connectivity index (χ2v) is 3.54. The van der Waals surface area contributed by atoms with Gasteiger partial charge in [-0.05, 0) is 22.0 Å². The van der Waals surface area contributed by atoms with E-state index < -0.39 is 0 Å². The number of hydrogen-bond acceptors (Lipinski definition) is 3. The topological polar surface area (TPSA) is 42.4 Å². The number of pyridine rings is 1. The first-order chi connectivity index (χ1) is 6.27. The van der Waals surface area contributed by atoms with Crippen LogP contribution in [0.3, 0.4) is 0 Å².